The smallest absolute Gasteiger partial charge is 0.266 e. The Morgan fingerprint density at radius 2 is 1.84 bits per heavy atom. The summed E-state index contributed by atoms with van der Waals surface area (Å²) in [6, 6.07) is 12.7. The van der Waals surface area contributed by atoms with Crippen LogP contribution in [0.2, 0.25) is 0 Å². The molecule has 0 unspecified atom stereocenters. The molecule has 128 valence electrons. The Hall–Kier alpha value is -2.78. The van der Waals surface area contributed by atoms with Crippen LogP contribution < -0.4 is 14.8 Å². The molecule has 0 bridgehead atoms. The number of methoxy groups -OCH3 is 2. The van der Waals surface area contributed by atoms with Gasteiger partial charge in [0.2, 0.25) is 0 Å². The van der Waals surface area contributed by atoms with E-state index in [0.717, 1.165) is 10.0 Å². The lowest BCUT2D eigenvalue weighted by molar-refractivity contribution is -0.112. The van der Waals surface area contributed by atoms with Crippen molar-refractivity contribution in [3.8, 4) is 17.6 Å². The number of rotatable bonds is 5. The monoisotopic (exact) mass is 400 g/mol. The predicted molar refractivity (Wildman–Crippen MR) is 101 cm³/mol. The van der Waals surface area contributed by atoms with Gasteiger partial charge in [0.15, 0.2) is 0 Å². The zero-order valence-corrected chi connectivity index (χ0v) is 15.7. The molecule has 0 aliphatic carbocycles. The zero-order valence-electron chi connectivity index (χ0n) is 14.1. The Balaban J connectivity index is 2.29. The van der Waals surface area contributed by atoms with Crippen molar-refractivity contribution < 1.29 is 14.3 Å². The second-order valence-corrected chi connectivity index (χ2v) is 6.08. The first-order valence-corrected chi connectivity index (χ1v) is 8.19. The van der Waals surface area contributed by atoms with E-state index >= 15 is 0 Å². The molecule has 0 fully saturated rings. The topological polar surface area (TPSA) is 71.3 Å². The summed E-state index contributed by atoms with van der Waals surface area (Å²) < 4.78 is 11.1. The number of aryl methyl sites for hydroxylation is 1. The third kappa shape index (κ3) is 4.61. The maximum atomic E-state index is 12.4. The fourth-order valence-corrected chi connectivity index (χ4v) is 2.76. The quantitative estimate of drug-likeness (QED) is 0.599. The Kier molecular flexibility index (Phi) is 6.20. The predicted octanol–water partition coefficient (Wildman–Crippen LogP) is 4.32. The molecule has 1 amide bonds. The standard InChI is InChI=1S/C19H17BrN2O3/c1-12-4-6-18(25-3)16(8-12)22-19(23)14(11-21)9-13-5-7-17(24-2)15(20)10-13/h4-10H,1-3H3,(H,22,23)/b14-9+. The number of anilines is 1. The van der Waals surface area contributed by atoms with Crippen LogP contribution in [0, 0.1) is 18.3 Å². The number of amides is 1. The van der Waals surface area contributed by atoms with Gasteiger partial charge in [0.1, 0.15) is 23.1 Å². The second-order valence-electron chi connectivity index (χ2n) is 5.22. The van der Waals surface area contributed by atoms with Crippen LogP contribution in [0.15, 0.2) is 46.4 Å². The fourth-order valence-electron chi connectivity index (χ4n) is 2.20. The highest BCUT2D eigenvalue weighted by molar-refractivity contribution is 9.10. The number of nitriles is 1. The number of halogens is 1. The third-order valence-corrected chi connectivity index (χ3v) is 4.07. The number of carbonyl (C=O) groups is 1. The van der Waals surface area contributed by atoms with Gasteiger partial charge in [-0.1, -0.05) is 12.1 Å². The highest BCUT2D eigenvalue weighted by Crippen LogP contribution is 2.28. The number of carbonyl (C=O) groups excluding carboxylic acids is 1. The molecule has 0 saturated carbocycles. The molecule has 0 atom stereocenters. The molecule has 0 aliphatic rings. The molecule has 0 saturated heterocycles. The molecule has 0 spiro atoms. The zero-order chi connectivity index (χ0) is 18.4. The minimum atomic E-state index is -0.502. The molecule has 2 aromatic carbocycles. The van der Waals surface area contributed by atoms with Crippen molar-refractivity contribution in [2.75, 3.05) is 19.5 Å². The van der Waals surface area contributed by atoms with Gasteiger partial charge in [-0.3, -0.25) is 4.79 Å². The van der Waals surface area contributed by atoms with Gasteiger partial charge in [-0.2, -0.15) is 5.26 Å². The summed E-state index contributed by atoms with van der Waals surface area (Å²) in [5, 5.41) is 12.1. The van der Waals surface area contributed by atoms with Gasteiger partial charge in [0, 0.05) is 0 Å². The van der Waals surface area contributed by atoms with Gasteiger partial charge < -0.3 is 14.8 Å². The lowest BCUT2D eigenvalue weighted by Crippen LogP contribution is -2.14. The van der Waals surface area contributed by atoms with Crippen LogP contribution in [0.25, 0.3) is 6.08 Å². The number of nitrogens with one attached hydrogen (secondary N) is 1. The fraction of sp³-hybridized carbons (Fsp3) is 0.158. The van der Waals surface area contributed by atoms with Crippen LogP contribution in [-0.2, 0) is 4.79 Å². The van der Waals surface area contributed by atoms with Crippen molar-refractivity contribution >= 4 is 33.6 Å². The molecule has 25 heavy (non-hydrogen) atoms. The average Bonchev–Trinajstić information content (AvgIpc) is 2.60. The summed E-state index contributed by atoms with van der Waals surface area (Å²) in [7, 11) is 3.09. The number of ether oxygens (including phenoxy) is 2. The first-order valence-electron chi connectivity index (χ1n) is 7.39. The normalized spacial score (nSPS) is 10.8. The van der Waals surface area contributed by atoms with E-state index in [1.165, 1.54) is 13.2 Å². The first-order chi connectivity index (χ1) is 12.0. The van der Waals surface area contributed by atoms with Crippen molar-refractivity contribution in [1.82, 2.24) is 0 Å². The van der Waals surface area contributed by atoms with Gasteiger partial charge in [0.05, 0.1) is 24.4 Å². The van der Waals surface area contributed by atoms with E-state index in [9.17, 15) is 10.1 Å². The van der Waals surface area contributed by atoms with E-state index in [1.807, 2.05) is 19.1 Å². The largest absolute Gasteiger partial charge is 0.496 e. The Morgan fingerprint density at radius 1 is 1.16 bits per heavy atom. The van der Waals surface area contributed by atoms with Gasteiger partial charge in [-0.05, 0) is 64.3 Å². The van der Waals surface area contributed by atoms with Gasteiger partial charge >= 0.3 is 0 Å². The molecule has 1 N–H and O–H groups in total. The summed E-state index contributed by atoms with van der Waals surface area (Å²) in [5.41, 5.74) is 2.18. The van der Waals surface area contributed by atoms with Crippen molar-refractivity contribution in [2.24, 2.45) is 0 Å². The van der Waals surface area contributed by atoms with Crippen molar-refractivity contribution in [3.63, 3.8) is 0 Å². The minimum Gasteiger partial charge on any atom is -0.496 e. The van der Waals surface area contributed by atoms with E-state index in [1.54, 1.807) is 37.4 Å². The van der Waals surface area contributed by atoms with Crippen LogP contribution in [0.3, 0.4) is 0 Å². The summed E-state index contributed by atoms with van der Waals surface area (Å²) in [5.74, 6) is 0.700. The lowest BCUT2D eigenvalue weighted by Gasteiger charge is -2.10. The Labute approximate surface area is 155 Å². The van der Waals surface area contributed by atoms with Crippen molar-refractivity contribution in [3.05, 3.63) is 57.6 Å². The van der Waals surface area contributed by atoms with Crippen molar-refractivity contribution in [1.29, 1.82) is 5.26 Å². The molecule has 6 heteroatoms. The van der Waals surface area contributed by atoms with Crippen LogP contribution in [0.4, 0.5) is 5.69 Å². The maximum absolute atomic E-state index is 12.4. The van der Waals surface area contributed by atoms with E-state index < -0.39 is 5.91 Å². The lowest BCUT2D eigenvalue weighted by atomic mass is 10.1. The Bertz CT molecular complexity index is 869. The van der Waals surface area contributed by atoms with Gasteiger partial charge in [-0.25, -0.2) is 0 Å². The van der Waals surface area contributed by atoms with E-state index in [4.69, 9.17) is 9.47 Å². The van der Waals surface area contributed by atoms with Gasteiger partial charge in [0.25, 0.3) is 5.91 Å². The number of hydrogen-bond donors (Lipinski definition) is 1. The molecular formula is C19H17BrN2O3. The second kappa shape index (κ2) is 8.36. The average molecular weight is 401 g/mol. The maximum Gasteiger partial charge on any atom is 0.266 e. The van der Waals surface area contributed by atoms with Crippen LogP contribution in [0.5, 0.6) is 11.5 Å². The summed E-state index contributed by atoms with van der Waals surface area (Å²) >= 11 is 3.38. The van der Waals surface area contributed by atoms with E-state index in [2.05, 4.69) is 21.2 Å². The highest BCUT2D eigenvalue weighted by Gasteiger charge is 2.13. The molecule has 5 nitrogen and oxygen atoms in total. The molecule has 2 rings (SSSR count). The minimum absolute atomic E-state index is 0.0133. The van der Waals surface area contributed by atoms with Gasteiger partial charge in [-0.15, -0.1) is 0 Å². The van der Waals surface area contributed by atoms with Crippen LogP contribution >= 0.6 is 15.9 Å². The molecule has 0 aromatic heterocycles. The first kappa shape index (κ1) is 18.6. The molecular weight excluding hydrogens is 384 g/mol. The third-order valence-electron chi connectivity index (χ3n) is 3.46. The number of hydrogen-bond acceptors (Lipinski definition) is 4. The molecule has 0 heterocycles. The Morgan fingerprint density at radius 3 is 2.44 bits per heavy atom. The SMILES string of the molecule is COc1ccc(/C=C(\C#N)C(=O)Nc2cc(C)ccc2OC)cc1Br. The molecule has 0 aliphatic heterocycles. The highest BCUT2D eigenvalue weighted by atomic mass is 79.9. The summed E-state index contributed by atoms with van der Waals surface area (Å²) in [6.07, 6.45) is 1.52. The van der Waals surface area contributed by atoms with Crippen LogP contribution in [0.1, 0.15) is 11.1 Å². The molecule has 0 radical (unpaired) electrons. The number of benzene rings is 2. The van der Waals surface area contributed by atoms with E-state index in [0.29, 0.717) is 22.7 Å². The number of nitrogens with zero attached hydrogens (tertiary/aromatic N) is 1. The summed E-state index contributed by atoms with van der Waals surface area (Å²) in [4.78, 5) is 12.4. The molecule has 2 aromatic rings. The van der Waals surface area contributed by atoms with E-state index in [-0.39, 0.29) is 5.57 Å². The van der Waals surface area contributed by atoms with Crippen molar-refractivity contribution in [2.45, 2.75) is 6.92 Å². The summed E-state index contributed by atoms with van der Waals surface area (Å²) in [6.45, 7) is 1.91. The van der Waals surface area contributed by atoms with Crippen LogP contribution in [-0.4, -0.2) is 20.1 Å².